The van der Waals surface area contributed by atoms with Crippen LogP contribution >= 0.6 is 15.9 Å². The Kier molecular flexibility index (Phi) is 5.39. The lowest BCUT2D eigenvalue weighted by atomic mass is 10.1. The first kappa shape index (κ1) is 15.6. The van der Waals surface area contributed by atoms with Gasteiger partial charge in [0.1, 0.15) is 0 Å². The largest absolute Gasteiger partial charge is 0.381 e. The molecule has 0 bridgehead atoms. The molecule has 0 heterocycles. The minimum absolute atomic E-state index is 0.0389. The van der Waals surface area contributed by atoms with E-state index in [2.05, 4.69) is 38.7 Å². The maximum atomic E-state index is 11.9. The molecule has 0 fully saturated rings. The van der Waals surface area contributed by atoms with E-state index < -0.39 is 0 Å². The van der Waals surface area contributed by atoms with Crippen molar-refractivity contribution in [2.45, 2.75) is 20.4 Å². The monoisotopic (exact) mass is 346 g/mol. The molecular formula is C17H19BrN2O. The van der Waals surface area contributed by atoms with Gasteiger partial charge in [0.15, 0.2) is 0 Å². The van der Waals surface area contributed by atoms with Crippen LogP contribution in [0.25, 0.3) is 0 Å². The van der Waals surface area contributed by atoms with Gasteiger partial charge in [-0.15, -0.1) is 0 Å². The Bertz CT molecular complexity index is 640. The van der Waals surface area contributed by atoms with Gasteiger partial charge < -0.3 is 10.6 Å². The topological polar surface area (TPSA) is 41.1 Å². The molecule has 2 N–H and O–H groups in total. The van der Waals surface area contributed by atoms with Crippen molar-refractivity contribution >= 4 is 27.5 Å². The van der Waals surface area contributed by atoms with Crippen LogP contribution in [0.4, 0.5) is 5.69 Å². The third-order valence-corrected chi connectivity index (χ3v) is 3.70. The molecule has 0 radical (unpaired) electrons. The molecule has 0 unspecified atom stereocenters. The van der Waals surface area contributed by atoms with Crippen molar-refractivity contribution in [1.82, 2.24) is 5.32 Å². The zero-order valence-corrected chi connectivity index (χ0v) is 13.8. The first-order chi connectivity index (χ1) is 10.1. The van der Waals surface area contributed by atoms with Gasteiger partial charge >= 0.3 is 0 Å². The summed E-state index contributed by atoms with van der Waals surface area (Å²) in [4.78, 5) is 11.9. The Morgan fingerprint density at radius 3 is 2.71 bits per heavy atom. The fourth-order valence-corrected chi connectivity index (χ4v) is 2.51. The van der Waals surface area contributed by atoms with Crippen LogP contribution in [0, 0.1) is 6.92 Å². The van der Waals surface area contributed by atoms with Crippen LogP contribution in [0.15, 0.2) is 46.9 Å². The van der Waals surface area contributed by atoms with E-state index in [1.807, 2.05) is 44.2 Å². The Balaban J connectivity index is 2.12. The minimum atomic E-state index is -0.0389. The molecule has 0 aliphatic rings. The maximum absolute atomic E-state index is 11.9. The van der Waals surface area contributed by atoms with Crippen molar-refractivity contribution < 1.29 is 4.79 Å². The summed E-state index contributed by atoms with van der Waals surface area (Å²) in [6.07, 6.45) is 0. The van der Waals surface area contributed by atoms with Crippen molar-refractivity contribution in [3.8, 4) is 0 Å². The quantitative estimate of drug-likeness (QED) is 0.854. The van der Waals surface area contributed by atoms with Crippen LogP contribution in [-0.4, -0.2) is 12.5 Å². The minimum Gasteiger partial charge on any atom is -0.381 e. The van der Waals surface area contributed by atoms with E-state index in [0.717, 1.165) is 22.3 Å². The summed E-state index contributed by atoms with van der Waals surface area (Å²) in [5, 5.41) is 6.21. The molecule has 2 aromatic carbocycles. The van der Waals surface area contributed by atoms with Gasteiger partial charge in [0.25, 0.3) is 5.91 Å². The zero-order valence-electron chi connectivity index (χ0n) is 12.2. The van der Waals surface area contributed by atoms with Crippen molar-refractivity contribution in [3.63, 3.8) is 0 Å². The van der Waals surface area contributed by atoms with Gasteiger partial charge in [0.2, 0.25) is 0 Å². The zero-order chi connectivity index (χ0) is 15.2. The van der Waals surface area contributed by atoms with Gasteiger partial charge in [-0.2, -0.15) is 0 Å². The Morgan fingerprint density at radius 2 is 2.00 bits per heavy atom. The molecule has 21 heavy (non-hydrogen) atoms. The second kappa shape index (κ2) is 7.27. The molecule has 0 saturated heterocycles. The molecule has 0 aliphatic heterocycles. The van der Waals surface area contributed by atoms with Crippen LogP contribution in [0.3, 0.4) is 0 Å². The van der Waals surface area contributed by atoms with Crippen LogP contribution in [0.5, 0.6) is 0 Å². The van der Waals surface area contributed by atoms with Crippen molar-refractivity contribution in [1.29, 1.82) is 0 Å². The van der Waals surface area contributed by atoms with E-state index in [9.17, 15) is 4.79 Å². The second-order valence-electron chi connectivity index (χ2n) is 4.87. The number of carbonyl (C=O) groups is 1. The van der Waals surface area contributed by atoms with Gasteiger partial charge in [-0.3, -0.25) is 4.79 Å². The molecule has 2 rings (SSSR count). The van der Waals surface area contributed by atoms with E-state index in [4.69, 9.17) is 0 Å². The highest BCUT2D eigenvalue weighted by atomic mass is 79.9. The number of hydrogen-bond donors (Lipinski definition) is 2. The van der Waals surface area contributed by atoms with Crippen LogP contribution in [0.1, 0.15) is 28.4 Å². The van der Waals surface area contributed by atoms with E-state index in [1.165, 1.54) is 5.56 Å². The van der Waals surface area contributed by atoms with Crippen LogP contribution in [0.2, 0.25) is 0 Å². The number of hydrogen-bond acceptors (Lipinski definition) is 2. The van der Waals surface area contributed by atoms with Crippen molar-refractivity contribution in [2.24, 2.45) is 0 Å². The average molecular weight is 347 g/mol. The molecule has 0 aromatic heterocycles. The summed E-state index contributed by atoms with van der Waals surface area (Å²) in [7, 11) is 0. The SMILES string of the molecule is CCNC(=O)c1ccc(C)c(NCc2cccc(Br)c2)c1. The predicted molar refractivity (Wildman–Crippen MR) is 90.7 cm³/mol. The maximum Gasteiger partial charge on any atom is 0.251 e. The number of benzene rings is 2. The Hall–Kier alpha value is -1.81. The smallest absolute Gasteiger partial charge is 0.251 e. The van der Waals surface area contributed by atoms with Gasteiger partial charge in [-0.05, 0) is 49.2 Å². The number of amides is 1. The standard InChI is InChI=1S/C17H19BrN2O/c1-3-19-17(21)14-8-7-12(2)16(10-14)20-11-13-5-4-6-15(18)9-13/h4-10,20H,3,11H2,1-2H3,(H,19,21). The average Bonchev–Trinajstić information content (AvgIpc) is 2.46. The van der Waals surface area contributed by atoms with Crippen molar-refractivity contribution in [2.75, 3.05) is 11.9 Å². The van der Waals surface area contributed by atoms with Gasteiger partial charge in [-0.25, -0.2) is 0 Å². The van der Waals surface area contributed by atoms with Crippen molar-refractivity contribution in [3.05, 3.63) is 63.6 Å². The highest BCUT2D eigenvalue weighted by molar-refractivity contribution is 9.10. The molecular weight excluding hydrogens is 328 g/mol. The summed E-state index contributed by atoms with van der Waals surface area (Å²) in [6.45, 7) is 5.30. The number of aryl methyl sites for hydroxylation is 1. The predicted octanol–water partition coefficient (Wildman–Crippen LogP) is 4.12. The lowest BCUT2D eigenvalue weighted by Crippen LogP contribution is -2.22. The molecule has 3 nitrogen and oxygen atoms in total. The number of nitrogens with one attached hydrogen (secondary N) is 2. The van der Waals surface area contributed by atoms with Gasteiger partial charge in [-0.1, -0.05) is 34.1 Å². The third-order valence-electron chi connectivity index (χ3n) is 3.21. The Morgan fingerprint density at radius 1 is 1.19 bits per heavy atom. The number of carbonyl (C=O) groups excluding carboxylic acids is 1. The summed E-state index contributed by atoms with van der Waals surface area (Å²) in [6, 6.07) is 13.9. The first-order valence-electron chi connectivity index (χ1n) is 6.97. The summed E-state index contributed by atoms with van der Waals surface area (Å²) in [5.74, 6) is -0.0389. The molecule has 0 spiro atoms. The highest BCUT2D eigenvalue weighted by Gasteiger charge is 2.07. The van der Waals surface area contributed by atoms with E-state index >= 15 is 0 Å². The van der Waals surface area contributed by atoms with E-state index in [-0.39, 0.29) is 5.91 Å². The lowest BCUT2D eigenvalue weighted by Gasteiger charge is -2.12. The second-order valence-corrected chi connectivity index (χ2v) is 5.79. The van der Waals surface area contributed by atoms with Crippen LogP contribution in [-0.2, 0) is 6.54 Å². The fraction of sp³-hybridized carbons (Fsp3) is 0.235. The molecule has 0 atom stereocenters. The summed E-state index contributed by atoms with van der Waals surface area (Å²) < 4.78 is 1.06. The fourth-order valence-electron chi connectivity index (χ4n) is 2.06. The first-order valence-corrected chi connectivity index (χ1v) is 7.76. The van der Waals surface area contributed by atoms with Gasteiger partial charge in [0, 0.05) is 28.8 Å². The lowest BCUT2D eigenvalue weighted by molar-refractivity contribution is 0.0956. The number of anilines is 1. The number of halogens is 1. The molecule has 1 amide bonds. The molecule has 110 valence electrons. The van der Waals surface area contributed by atoms with Gasteiger partial charge in [0.05, 0.1) is 0 Å². The third kappa shape index (κ3) is 4.33. The molecule has 0 saturated carbocycles. The summed E-state index contributed by atoms with van der Waals surface area (Å²) in [5.41, 5.74) is 3.98. The number of rotatable bonds is 5. The van der Waals surface area contributed by atoms with E-state index in [1.54, 1.807) is 0 Å². The Labute approximate surface area is 133 Å². The normalized spacial score (nSPS) is 10.2. The molecule has 4 heteroatoms. The van der Waals surface area contributed by atoms with Crippen LogP contribution < -0.4 is 10.6 Å². The highest BCUT2D eigenvalue weighted by Crippen LogP contribution is 2.19. The molecule has 0 aliphatic carbocycles. The van der Waals surface area contributed by atoms with E-state index in [0.29, 0.717) is 12.1 Å². The molecule has 2 aromatic rings. The summed E-state index contributed by atoms with van der Waals surface area (Å²) >= 11 is 3.47.